The van der Waals surface area contributed by atoms with Crippen molar-refractivity contribution in [1.82, 2.24) is 10.2 Å². The van der Waals surface area contributed by atoms with Gasteiger partial charge in [-0.15, -0.1) is 0 Å². The Bertz CT molecular complexity index is 1660. The van der Waals surface area contributed by atoms with Crippen molar-refractivity contribution in [3.05, 3.63) is 126 Å². The lowest BCUT2D eigenvalue weighted by Crippen LogP contribution is -2.54. The first-order chi connectivity index (χ1) is 21.6. The Balaban J connectivity index is 1.81. The van der Waals surface area contributed by atoms with Gasteiger partial charge in [0.2, 0.25) is 11.8 Å². The number of hydrogen-bond acceptors (Lipinski definition) is 5. The molecule has 0 unspecified atom stereocenters. The van der Waals surface area contributed by atoms with Crippen molar-refractivity contribution in [3.63, 3.8) is 0 Å². The molecule has 1 N–H and O–H groups in total. The van der Waals surface area contributed by atoms with E-state index in [1.54, 1.807) is 43.5 Å². The molecule has 4 rings (SSSR count). The third-order valence-corrected chi connectivity index (χ3v) is 9.22. The molecule has 0 saturated heterocycles. The largest absolute Gasteiger partial charge is 0.497 e. The summed E-state index contributed by atoms with van der Waals surface area (Å²) < 4.78 is 34.7. The molecule has 0 aromatic heterocycles. The van der Waals surface area contributed by atoms with Crippen LogP contribution in [-0.2, 0) is 39.0 Å². The van der Waals surface area contributed by atoms with E-state index >= 15 is 0 Å². The van der Waals surface area contributed by atoms with Crippen molar-refractivity contribution in [2.75, 3.05) is 18.0 Å². The van der Waals surface area contributed by atoms with Crippen molar-refractivity contribution in [3.8, 4) is 5.75 Å². The van der Waals surface area contributed by atoms with E-state index < -0.39 is 28.5 Å². The Morgan fingerprint density at radius 2 is 1.42 bits per heavy atom. The highest BCUT2D eigenvalue weighted by Gasteiger charge is 2.34. The lowest BCUT2D eigenvalue weighted by atomic mass is 10.0. The molecule has 236 valence electrons. The number of aryl methyl sites for hydroxylation is 1. The monoisotopic (exact) mass is 627 g/mol. The van der Waals surface area contributed by atoms with E-state index in [1.807, 2.05) is 81.4 Å². The highest BCUT2D eigenvalue weighted by atomic mass is 32.2. The maximum atomic E-state index is 14.5. The van der Waals surface area contributed by atoms with Crippen molar-refractivity contribution >= 4 is 27.5 Å². The summed E-state index contributed by atoms with van der Waals surface area (Å²) in [4.78, 5) is 29.9. The van der Waals surface area contributed by atoms with Crippen LogP contribution in [0.15, 0.2) is 114 Å². The fourth-order valence-corrected chi connectivity index (χ4v) is 6.48. The molecule has 45 heavy (non-hydrogen) atoms. The van der Waals surface area contributed by atoms with Crippen molar-refractivity contribution in [1.29, 1.82) is 0 Å². The molecule has 0 fully saturated rings. The van der Waals surface area contributed by atoms with Gasteiger partial charge in [-0.05, 0) is 73.4 Å². The molecular weight excluding hydrogens is 586 g/mol. The zero-order valence-corrected chi connectivity index (χ0v) is 27.0. The molecular formula is C36H41N3O5S. The number of amides is 2. The Hall–Kier alpha value is -4.63. The number of hydrogen-bond donors (Lipinski definition) is 1. The number of carbonyl (C=O) groups excluding carboxylic acids is 2. The average Bonchev–Trinajstić information content (AvgIpc) is 3.05. The summed E-state index contributed by atoms with van der Waals surface area (Å²) in [5.41, 5.74) is 3.00. The second-order valence-electron chi connectivity index (χ2n) is 11.1. The number of nitrogens with zero attached hydrogens (tertiary/aromatic N) is 2. The number of sulfonamides is 1. The summed E-state index contributed by atoms with van der Waals surface area (Å²) >= 11 is 0. The second kappa shape index (κ2) is 15.4. The van der Waals surface area contributed by atoms with Gasteiger partial charge in [0, 0.05) is 19.0 Å². The fraction of sp³-hybridized carbons (Fsp3) is 0.278. The topological polar surface area (TPSA) is 96.0 Å². The van der Waals surface area contributed by atoms with Crippen LogP contribution in [0.1, 0.15) is 37.5 Å². The van der Waals surface area contributed by atoms with E-state index in [1.165, 1.54) is 17.0 Å². The van der Waals surface area contributed by atoms with Gasteiger partial charge >= 0.3 is 0 Å². The van der Waals surface area contributed by atoms with Crippen LogP contribution in [0.4, 0.5) is 5.69 Å². The highest BCUT2D eigenvalue weighted by molar-refractivity contribution is 7.92. The Labute approximate surface area is 266 Å². The molecule has 0 aliphatic rings. The number of carbonyl (C=O) groups is 2. The van der Waals surface area contributed by atoms with Gasteiger partial charge < -0.3 is 15.0 Å². The van der Waals surface area contributed by atoms with E-state index in [9.17, 15) is 18.0 Å². The van der Waals surface area contributed by atoms with Crippen LogP contribution in [0.2, 0.25) is 0 Å². The molecule has 0 aliphatic heterocycles. The maximum Gasteiger partial charge on any atom is 0.264 e. The molecule has 0 spiro atoms. The number of ether oxygens (including phenoxy) is 1. The summed E-state index contributed by atoms with van der Waals surface area (Å²) in [5.74, 6) is -0.234. The van der Waals surface area contributed by atoms with Gasteiger partial charge in [-0.25, -0.2) is 8.42 Å². The zero-order valence-electron chi connectivity index (χ0n) is 26.2. The van der Waals surface area contributed by atoms with Gasteiger partial charge in [0.25, 0.3) is 10.0 Å². The van der Waals surface area contributed by atoms with Gasteiger partial charge in [0.1, 0.15) is 18.3 Å². The smallest absolute Gasteiger partial charge is 0.264 e. The molecule has 0 bridgehead atoms. The third kappa shape index (κ3) is 8.73. The van der Waals surface area contributed by atoms with Gasteiger partial charge in [-0.1, -0.05) is 79.7 Å². The van der Waals surface area contributed by atoms with Crippen LogP contribution < -0.4 is 14.4 Å². The number of nitrogens with one attached hydrogen (secondary N) is 1. The molecule has 0 aliphatic carbocycles. The van der Waals surface area contributed by atoms with E-state index in [0.29, 0.717) is 11.4 Å². The third-order valence-electron chi connectivity index (χ3n) is 7.43. The van der Waals surface area contributed by atoms with Crippen LogP contribution in [0.3, 0.4) is 0 Å². The van der Waals surface area contributed by atoms with Gasteiger partial charge in [0.05, 0.1) is 17.7 Å². The van der Waals surface area contributed by atoms with E-state index in [-0.39, 0.29) is 29.8 Å². The van der Waals surface area contributed by atoms with Crippen LogP contribution in [0, 0.1) is 0 Å². The number of benzene rings is 4. The van der Waals surface area contributed by atoms with Gasteiger partial charge in [-0.2, -0.15) is 0 Å². The maximum absolute atomic E-state index is 14.5. The average molecular weight is 628 g/mol. The van der Waals surface area contributed by atoms with Crippen LogP contribution >= 0.6 is 0 Å². The normalized spacial score (nSPS) is 11.9. The molecule has 0 saturated carbocycles. The predicted molar refractivity (Wildman–Crippen MR) is 178 cm³/mol. The summed E-state index contributed by atoms with van der Waals surface area (Å²) in [6.07, 6.45) is 1.02. The molecule has 0 radical (unpaired) electrons. The molecule has 8 nitrogen and oxygen atoms in total. The Morgan fingerprint density at radius 3 is 2.02 bits per heavy atom. The molecule has 4 aromatic carbocycles. The highest BCUT2D eigenvalue weighted by Crippen LogP contribution is 2.26. The minimum absolute atomic E-state index is 0.0625. The van der Waals surface area contributed by atoms with Crippen LogP contribution in [0.25, 0.3) is 0 Å². The SMILES string of the molecule is CCc1ccc(N(CC(=O)N(Cc2cccc(OC)c2)[C@H](Cc2ccccc2)C(=O)NC(C)C)S(=O)(=O)c2ccccc2)cc1. The van der Waals surface area contributed by atoms with E-state index in [0.717, 1.165) is 27.4 Å². The molecule has 0 heterocycles. The number of rotatable bonds is 14. The van der Waals surface area contributed by atoms with Crippen molar-refractivity contribution < 1.29 is 22.7 Å². The quantitative estimate of drug-likeness (QED) is 0.196. The Kier molecular flexibility index (Phi) is 11.4. The van der Waals surface area contributed by atoms with Gasteiger partial charge in [-0.3, -0.25) is 13.9 Å². The fourth-order valence-electron chi connectivity index (χ4n) is 5.05. The predicted octanol–water partition coefficient (Wildman–Crippen LogP) is 5.62. The van der Waals surface area contributed by atoms with E-state index in [2.05, 4.69) is 5.32 Å². The van der Waals surface area contributed by atoms with E-state index in [4.69, 9.17) is 4.74 Å². The molecule has 4 aromatic rings. The molecule has 2 amide bonds. The van der Waals surface area contributed by atoms with Crippen molar-refractivity contribution in [2.24, 2.45) is 0 Å². The summed E-state index contributed by atoms with van der Waals surface area (Å²) in [6, 6.07) is 30.9. The zero-order chi connectivity index (χ0) is 32.4. The lowest BCUT2D eigenvalue weighted by Gasteiger charge is -2.34. The first kappa shape index (κ1) is 33.3. The first-order valence-corrected chi connectivity index (χ1v) is 16.5. The summed E-state index contributed by atoms with van der Waals surface area (Å²) in [6.45, 7) is 5.29. The number of methoxy groups -OCH3 is 1. The second-order valence-corrected chi connectivity index (χ2v) is 12.9. The minimum atomic E-state index is -4.14. The first-order valence-electron chi connectivity index (χ1n) is 15.1. The molecule has 1 atom stereocenters. The number of anilines is 1. The lowest BCUT2D eigenvalue weighted by molar-refractivity contribution is -0.140. The van der Waals surface area contributed by atoms with Crippen molar-refractivity contribution in [2.45, 2.75) is 57.1 Å². The Morgan fingerprint density at radius 1 is 0.800 bits per heavy atom. The standard InChI is InChI=1S/C36H41N3O5S/c1-5-28-19-21-31(22-20-28)39(45(42,43)33-17-10-7-11-18-33)26-35(40)38(25-30-15-12-16-32(23-30)44-4)34(36(41)37-27(2)3)24-29-13-8-6-9-14-29/h6-23,27,34H,5,24-26H2,1-4H3,(H,37,41)/t34-/m1/s1. The summed E-state index contributed by atoms with van der Waals surface area (Å²) in [7, 11) is -2.58. The van der Waals surface area contributed by atoms with Crippen LogP contribution in [-0.4, -0.2) is 50.9 Å². The van der Waals surface area contributed by atoms with Gasteiger partial charge in [0.15, 0.2) is 0 Å². The summed E-state index contributed by atoms with van der Waals surface area (Å²) in [5, 5.41) is 2.97. The van der Waals surface area contributed by atoms with Crippen LogP contribution in [0.5, 0.6) is 5.75 Å². The molecule has 9 heteroatoms. The minimum Gasteiger partial charge on any atom is -0.497 e.